The van der Waals surface area contributed by atoms with Crippen LogP contribution < -0.4 is 5.32 Å². The van der Waals surface area contributed by atoms with E-state index >= 15 is 0 Å². The van der Waals surface area contributed by atoms with Gasteiger partial charge in [0.1, 0.15) is 4.90 Å². The van der Waals surface area contributed by atoms with E-state index in [0.29, 0.717) is 30.2 Å². The normalized spacial score (nSPS) is 12.3. The predicted octanol–water partition coefficient (Wildman–Crippen LogP) is 1.53. The summed E-state index contributed by atoms with van der Waals surface area (Å²) in [6, 6.07) is 0. The van der Waals surface area contributed by atoms with E-state index in [1.807, 2.05) is 27.8 Å². The molecule has 0 aliphatic rings. The van der Waals surface area contributed by atoms with Crippen molar-refractivity contribution in [1.29, 1.82) is 0 Å². The van der Waals surface area contributed by atoms with Crippen LogP contribution in [0.1, 0.15) is 38.1 Å². The molecule has 1 heterocycles. The van der Waals surface area contributed by atoms with Gasteiger partial charge in [0, 0.05) is 19.6 Å². The molecule has 1 rings (SSSR count). The Bertz CT molecular complexity index is 546. The Balaban J connectivity index is 3.20. The van der Waals surface area contributed by atoms with E-state index in [-0.39, 0.29) is 0 Å². The number of rotatable bonds is 9. The highest BCUT2D eigenvalue weighted by molar-refractivity contribution is 7.89. The van der Waals surface area contributed by atoms with Gasteiger partial charge in [-0.2, -0.15) is 9.40 Å². The van der Waals surface area contributed by atoms with E-state index < -0.39 is 10.0 Å². The minimum Gasteiger partial charge on any atom is -0.318 e. The third kappa shape index (κ3) is 4.05. The molecule has 0 bridgehead atoms. The molecule has 0 radical (unpaired) electrons. The standard InChI is InChI=1S/C14H28N4O2S/c1-6-9-17(10-7-2)21(19,20)14-12(3)16-18(13(14)4)11-8-15-5/h15H,6-11H2,1-5H3. The lowest BCUT2D eigenvalue weighted by atomic mass is 10.4. The Labute approximate surface area is 128 Å². The summed E-state index contributed by atoms with van der Waals surface area (Å²) >= 11 is 0. The highest BCUT2D eigenvalue weighted by atomic mass is 32.2. The molecule has 0 saturated carbocycles. The number of likely N-dealkylation sites (N-methyl/N-ethyl adjacent to an activating group) is 1. The van der Waals surface area contributed by atoms with Gasteiger partial charge in [-0.15, -0.1) is 0 Å². The first-order chi connectivity index (χ1) is 9.89. The number of nitrogens with zero attached hydrogens (tertiary/aromatic N) is 3. The zero-order valence-electron chi connectivity index (χ0n) is 13.8. The van der Waals surface area contributed by atoms with Crippen LogP contribution in [0.15, 0.2) is 4.90 Å². The number of hydrogen-bond acceptors (Lipinski definition) is 4. The first-order valence-electron chi connectivity index (χ1n) is 7.58. The lowest BCUT2D eigenvalue weighted by Gasteiger charge is -2.21. The van der Waals surface area contributed by atoms with Gasteiger partial charge in [-0.3, -0.25) is 4.68 Å². The summed E-state index contributed by atoms with van der Waals surface area (Å²) in [4.78, 5) is 0.375. The molecule has 0 aliphatic carbocycles. The van der Waals surface area contributed by atoms with Gasteiger partial charge in [0.25, 0.3) is 0 Å². The van der Waals surface area contributed by atoms with E-state index in [1.165, 1.54) is 0 Å². The van der Waals surface area contributed by atoms with Gasteiger partial charge in [0.15, 0.2) is 0 Å². The van der Waals surface area contributed by atoms with Gasteiger partial charge in [0.2, 0.25) is 10.0 Å². The molecule has 21 heavy (non-hydrogen) atoms. The van der Waals surface area contributed by atoms with Crippen LogP contribution in [0, 0.1) is 13.8 Å². The molecule has 1 aromatic rings. The van der Waals surface area contributed by atoms with Crippen molar-refractivity contribution in [2.24, 2.45) is 0 Å². The van der Waals surface area contributed by atoms with E-state index in [0.717, 1.165) is 25.1 Å². The van der Waals surface area contributed by atoms with Crippen LogP contribution in [-0.2, 0) is 16.6 Å². The molecule has 0 spiro atoms. The molecule has 0 unspecified atom stereocenters. The Morgan fingerprint density at radius 1 is 1.19 bits per heavy atom. The molecule has 0 aliphatic heterocycles. The van der Waals surface area contributed by atoms with E-state index in [4.69, 9.17) is 0 Å². The molecule has 0 atom stereocenters. The molecule has 1 N–H and O–H groups in total. The third-order valence-electron chi connectivity index (χ3n) is 3.43. The van der Waals surface area contributed by atoms with Crippen LogP contribution in [0.25, 0.3) is 0 Å². The molecule has 0 amide bonds. The van der Waals surface area contributed by atoms with Crippen LogP contribution in [0.5, 0.6) is 0 Å². The topological polar surface area (TPSA) is 67.2 Å². The zero-order valence-corrected chi connectivity index (χ0v) is 14.6. The van der Waals surface area contributed by atoms with Gasteiger partial charge in [-0.25, -0.2) is 8.42 Å². The molecule has 0 aromatic carbocycles. The lowest BCUT2D eigenvalue weighted by molar-refractivity contribution is 0.409. The summed E-state index contributed by atoms with van der Waals surface area (Å²) < 4.78 is 29.1. The van der Waals surface area contributed by atoms with Crippen molar-refractivity contribution >= 4 is 10.0 Å². The van der Waals surface area contributed by atoms with E-state index in [1.54, 1.807) is 15.9 Å². The summed E-state index contributed by atoms with van der Waals surface area (Å²) in [7, 11) is -1.59. The fraction of sp³-hybridized carbons (Fsp3) is 0.786. The van der Waals surface area contributed by atoms with Gasteiger partial charge in [-0.1, -0.05) is 13.8 Å². The Morgan fingerprint density at radius 3 is 2.24 bits per heavy atom. The van der Waals surface area contributed by atoms with Crippen molar-refractivity contribution in [3.8, 4) is 0 Å². The second-order valence-corrected chi connectivity index (χ2v) is 7.11. The lowest BCUT2D eigenvalue weighted by Crippen LogP contribution is -2.33. The summed E-state index contributed by atoms with van der Waals surface area (Å²) in [5, 5.41) is 7.44. The molecular weight excluding hydrogens is 288 g/mol. The molecular formula is C14H28N4O2S. The Hall–Kier alpha value is -0.920. The number of aryl methyl sites for hydroxylation is 1. The fourth-order valence-electron chi connectivity index (χ4n) is 2.47. The van der Waals surface area contributed by atoms with Crippen molar-refractivity contribution in [2.45, 2.75) is 52.0 Å². The maximum absolute atomic E-state index is 12.9. The highest BCUT2D eigenvalue weighted by Crippen LogP contribution is 2.23. The van der Waals surface area contributed by atoms with Crippen LogP contribution >= 0.6 is 0 Å². The first kappa shape index (κ1) is 18.1. The second-order valence-electron chi connectivity index (χ2n) is 5.23. The average molecular weight is 316 g/mol. The first-order valence-corrected chi connectivity index (χ1v) is 9.02. The molecule has 1 aromatic heterocycles. The summed E-state index contributed by atoms with van der Waals surface area (Å²) in [5.74, 6) is 0. The summed E-state index contributed by atoms with van der Waals surface area (Å²) in [6.07, 6.45) is 1.62. The molecule has 7 heteroatoms. The molecule has 0 fully saturated rings. The SMILES string of the molecule is CCCN(CCC)S(=O)(=O)c1c(C)nn(CCNC)c1C. The monoisotopic (exact) mass is 316 g/mol. The van der Waals surface area contributed by atoms with Gasteiger partial charge in [-0.05, 0) is 33.7 Å². The number of hydrogen-bond donors (Lipinski definition) is 1. The van der Waals surface area contributed by atoms with Crippen molar-refractivity contribution in [3.05, 3.63) is 11.4 Å². The number of nitrogens with one attached hydrogen (secondary N) is 1. The van der Waals surface area contributed by atoms with Crippen molar-refractivity contribution in [1.82, 2.24) is 19.4 Å². The van der Waals surface area contributed by atoms with E-state index in [9.17, 15) is 8.42 Å². The van der Waals surface area contributed by atoms with Crippen LogP contribution in [-0.4, -0.2) is 49.2 Å². The smallest absolute Gasteiger partial charge is 0.246 e. The van der Waals surface area contributed by atoms with Gasteiger partial charge < -0.3 is 5.32 Å². The number of aromatic nitrogens is 2. The molecule has 6 nitrogen and oxygen atoms in total. The van der Waals surface area contributed by atoms with Crippen molar-refractivity contribution < 1.29 is 8.42 Å². The average Bonchev–Trinajstić information content (AvgIpc) is 2.71. The van der Waals surface area contributed by atoms with Crippen LogP contribution in [0.3, 0.4) is 0 Å². The Morgan fingerprint density at radius 2 is 1.76 bits per heavy atom. The minimum absolute atomic E-state index is 0.375. The second kappa shape index (κ2) is 7.91. The quantitative estimate of drug-likeness (QED) is 0.750. The van der Waals surface area contributed by atoms with Gasteiger partial charge >= 0.3 is 0 Å². The maximum atomic E-state index is 12.9. The van der Waals surface area contributed by atoms with E-state index in [2.05, 4.69) is 10.4 Å². The fourth-order valence-corrected chi connectivity index (χ4v) is 4.47. The molecule has 0 saturated heterocycles. The number of sulfonamides is 1. The van der Waals surface area contributed by atoms with Crippen molar-refractivity contribution in [2.75, 3.05) is 26.7 Å². The highest BCUT2D eigenvalue weighted by Gasteiger charge is 2.29. The summed E-state index contributed by atoms with van der Waals surface area (Å²) in [5.41, 5.74) is 1.31. The maximum Gasteiger partial charge on any atom is 0.246 e. The summed E-state index contributed by atoms with van der Waals surface area (Å²) in [6.45, 7) is 10.1. The predicted molar refractivity (Wildman–Crippen MR) is 85.0 cm³/mol. The largest absolute Gasteiger partial charge is 0.318 e. The van der Waals surface area contributed by atoms with Gasteiger partial charge in [0.05, 0.1) is 17.9 Å². The zero-order chi connectivity index (χ0) is 16.0. The third-order valence-corrected chi connectivity index (χ3v) is 5.58. The minimum atomic E-state index is -3.46. The van der Waals surface area contributed by atoms with Crippen molar-refractivity contribution in [3.63, 3.8) is 0 Å². The van der Waals surface area contributed by atoms with Crippen LogP contribution in [0.4, 0.5) is 0 Å². The Kier molecular flexibility index (Phi) is 6.83. The molecule has 122 valence electrons. The van der Waals surface area contributed by atoms with Crippen LogP contribution in [0.2, 0.25) is 0 Å².